The molecule has 1 aromatic rings. The number of carbonyl (C=O) groups is 1. The molecule has 4 heteroatoms. The van der Waals surface area contributed by atoms with Gasteiger partial charge in [-0.2, -0.15) is 0 Å². The normalized spacial score (nSPS) is 19.3. The Balaban J connectivity index is 1.89. The molecule has 1 aromatic carbocycles. The predicted octanol–water partition coefficient (Wildman–Crippen LogP) is 0.858. The van der Waals surface area contributed by atoms with Crippen LogP contribution in [0.1, 0.15) is 12.0 Å². The number of benzene rings is 1. The van der Waals surface area contributed by atoms with E-state index in [-0.39, 0.29) is 12.7 Å². The van der Waals surface area contributed by atoms with Gasteiger partial charge in [0.15, 0.2) is 11.5 Å². The van der Waals surface area contributed by atoms with Crippen LogP contribution in [0.15, 0.2) is 18.2 Å². The van der Waals surface area contributed by atoms with Gasteiger partial charge in [-0.15, -0.1) is 0 Å². The van der Waals surface area contributed by atoms with Gasteiger partial charge in [0.2, 0.25) is 12.7 Å². The number of carbonyl (C=O) groups excluding carboxylic acids is 1. The van der Waals surface area contributed by atoms with E-state index in [0.717, 1.165) is 23.0 Å². The van der Waals surface area contributed by atoms with E-state index in [9.17, 15) is 4.79 Å². The summed E-state index contributed by atoms with van der Waals surface area (Å²) in [5.41, 5.74) is 1.05. The number of rotatable bonds is 1. The van der Waals surface area contributed by atoms with Crippen LogP contribution in [-0.2, 0) is 4.79 Å². The molecule has 2 aliphatic heterocycles. The average molecular weight is 204 g/mol. The Kier molecular flexibility index (Phi) is 1.80. The number of fused-ring (bicyclic) bond motifs is 1. The minimum Gasteiger partial charge on any atom is -0.454 e. The molecule has 0 aromatic heterocycles. The van der Waals surface area contributed by atoms with Gasteiger partial charge >= 0.3 is 0 Å². The van der Waals surface area contributed by atoms with Gasteiger partial charge in [0.05, 0.1) is 0 Å². The first kappa shape index (κ1) is 8.59. The van der Waals surface area contributed by atoms with Crippen molar-refractivity contribution in [1.82, 2.24) is 5.32 Å². The Bertz CT molecular complexity index is 416. The van der Waals surface area contributed by atoms with Crippen LogP contribution >= 0.6 is 0 Å². The number of ether oxygens (including phenoxy) is 2. The van der Waals surface area contributed by atoms with E-state index in [0.29, 0.717) is 13.0 Å². The molecule has 0 saturated carbocycles. The molecule has 0 spiro atoms. The molecule has 1 saturated heterocycles. The topological polar surface area (TPSA) is 47.6 Å². The minimum absolute atomic E-state index is 0.0858. The second kappa shape index (κ2) is 3.15. The summed E-state index contributed by atoms with van der Waals surface area (Å²) in [6.07, 6.45) is 0.486. The Morgan fingerprint density at radius 1 is 1.20 bits per heavy atom. The summed E-state index contributed by atoms with van der Waals surface area (Å²) in [4.78, 5) is 11.1. The van der Waals surface area contributed by atoms with E-state index in [1.807, 2.05) is 18.2 Å². The van der Waals surface area contributed by atoms with Crippen LogP contribution in [0.5, 0.6) is 11.5 Å². The van der Waals surface area contributed by atoms with Crippen LogP contribution in [-0.4, -0.2) is 19.2 Å². The maximum atomic E-state index is 11.1. The minimum atomic E-state index is 0.0858. The van der Waals surface area contributed by atoms with Crippen molar-refractivity contribution in [3.8, 4) is 11.5 Å². The molecule has 0 atom stereocenters. The first-order valence-corrected chi connectivity index (χ1v) is 4.84. The molecular weight excluding hydrogens is 194 g/mol. The van der Waals surface area contributed by atoms with Gasteiger partial charge in [-0.3, -0.25) is 4.79 Å². The fourth-order valence-electron chi connectivity index (χ4n) is 1.84. The molecular formula is C11H10NO3. The van der Waals surface area contributed by atoms with Gasteiger partial charge in [-0.05, 0) is 17.7 Å². The van der Waals surface area contributed by atoms with Crippen molar-refractivity contribution >= 4 is 5.91 Å². The van der Waals surface area contributed by atoms with E-state index >= 15 is 0 Å². The summed E-state index contributed by atoms with van der Waals surface area (Å²) in [6.45, 7) is 0.920. The molecule has 0 bridgehead atoms. The van der Waals surface area contributed by atoms with Crippen molar-refractivity contribution in [2.45, 2.75) is 6.42 Å². The van der Waals surface area contributed by atoms with Gasteiger partial charge in [-0.25, -0.2) is 0 Å². The quantitative estimate of drug-likeness (QED) is 0.738. The van der Waals surface area contributed by atoms with Crippen molar-refractivity contribution in [2.24, 2.45) is 0 Å². The summed E-state index contributed by atoms with van der Waals surface area (Å²) in [7, 11) is 0. The van der Waals surface area contributed by atoms with Gasteiger partial charge < -0.3 is 14.8 Å². The third-order valence-electron chi connectivity index (χ3n) is 2.65. The Labute approximate surface area is 87.2 Å². The monoisotopic (exact) mass is 204 g/mol. The van der Waals surface area contributed by atoms with Crippen LogP contribution in [0.3, 0.4) is 0 Å². The summed E-state index contributed by atoms with van der Waals surface area (Å²) in [5.74, 6) is 2.73. The number of nitrogens with one attached hydrogen (secondary N) is 1. The molecule has 1 fully saturated rings. The van der Waals surface area contributed by atoms with Crippen LogP contribution in [0, 0.1) is 5.92 Å². The predicted molar refractivity (Wildman–Crippen MR) is 52.5 cm³/mol. The molecule has 0 unspecified atom stereocenters. The summed E-state index contributed by atoms with van der Waals surface area (Å²) in [6, 6.07) is 5.77. The number of hydrogen-bond donors (Lipinski definition) is 1. The molecule has 1 radical (unpaired) electrons. The van der Waals surface area contributed by atoms with Crippen molar-refractivity contribution < 1.29 is 14.3 Å². The van der Waals surface area contributed by atoms with Gasteiger partial charge in [0.1, 0.15) is 0 Å². The van der Waals surface area contributed by atoms with E-state index in [2.05, 4.69) is 5.32 Å². The van der Waals surface area contributed by atoms with Crippen LogP contribution in [0.2, 0.25) is 0 Å². The average Bonchev–Trinajstić information content (AvgIpc) is 2.84. The van der Waals surface area contributed by atoms with E-state index < -0.39 is 0 Å². The maximum Gasteiger partial charge on any atom is 0.231 e. The molecule has 15 heavy (non-hydrogen) atoms. The van der Waals surface area contributed by atoms with Gasteiger partial charge in [0.25, 0.3) is 0 Å². The highest BCUT2D eigenvalue weighted by atomic mass is 16.7. The third-order valence-corrected chi connectivity index (χ3v) is 2.65. The van der Waals surface area contributed by atoms with Crippen molar-refractivity contribution in [3.05, 3.63) is 29.7 Å². The Morgan fingerprint density at radius 2 is 2.07 bits per heavy atom. The molecule has 1 N–H and O–H groups in total. The molecule has 2 heterocycles. The maximum absolute atomic E-state index is 11.1. The van der Waals surface area contributed by atoms with Gasteiger partial charge in [0, 0.05) is 18.9 Å². The highest BCUT2D eigenvalue weighted by molar-refractivity contribution is 5.82. The first-order chi connectivity index (χ1) is 7.33. The van der Waals surface area contributed by atoms with Crippen molar-refractivity contribution in [2.75, 3.05) is 13.3 Å². The van der Waals surface area contributed by atoms with E-state index in [1.54, 1.807) is 0 Å². The standard InChI is InChI=1S/C11H10NO3/c13-11-4-8(5-12-11)7-1-2-9-10(3-7)15-6-14-9/h1-3H,4-6H2,(H,12,13). The molecule has 77 valence electrons. The zero-order valence-corrected chi connectivity index (χ0v) is 8.08. The number of amides is 1. The zero-order chi connectivity index (χ0) is 10.3. The van der Waals surface area contributed by atoms with Crippen LogP contribution in [0.25, 0.3) is 0 Å². The van der Waals surface area contributed by atoms with E-state index in [1.165, 1.54) is 0 Å². The highest BCUT2D eigenvalue weighted by Gasteiger charge is 2.25. The summed E-state index contributed by atoms with van der Waals surface area (Å²) >= 11 is 0. The second-order valence-electron chi connectivity index (χ2n) is 3.63. The fraction of sp³-hybridized carbons (Fsp3) is 0.273. The lowest BCUT2D eigenvalue weighted by atomic mass is 9.98. The lowest BCUT2D eigenvalue weighted by Crippen LogP contribution is -2.13. The lowest BCUT2D eigenvalue weighted by molar-refractivity contribution is -0.118. The Hall–Kier alpha value is -1.71. The molecule has 1 amide bonds. The molecule has 3 rings (SSSR count). The smallest absolute Gasteiger partial charge is 0.231 e. The lowest BCUT2D eigenvalue weighted by Gasteiger charge is -2.07. The van der Waals surface area contributed by atoms with Gasteiger partial charge in [-0.1, -0.05) is 6.07 Å². The largest absolute Gasteiger partial charge is 0.454 e. The number of hydrogen-bond acceptors (Lipinski definition) is 3. The van der Waals surface area contributed by atoms with Crippen molar-refractivity contribution in [1.29, 1.82) is 0 Å². The fourth-order valence-corrected chi connectivity index (χ4v) is 1.84. The molecule has 2 aliphatic rings. The highest BCUT2D eigenvalue weighted by Crippen LogP contribution is 2.35. The first-order valence-electron chi connectivity index (χ1n) is 4.84. The zero-order valence-electron chi connectivity index (χ0n) is 8.08. The van der Waals surface area contributed by atoms with Crippen LogP contribution in [0.4, 0.5) is 0 Å². The summed E-state index contributed by atoms with van der Waals surface area (Å²) < 4.78 is 10.5. The summed E-state index contributed by atoms with van der Waals surface area (Å²) in [5, 5.41) is 2.79. The SMILES string of the molecule is O=C1C[C](c2ccc3c(c2)OCO3)CN1. The Morgan fingerprint density at radius 3 is 2.87 bits per heavy atom. The molecule has 0 aliphatic carbocycles. The molecule has 4 nitrogen and oxygen atoms in total. The van der Waals surface area contributed by atoms with Crippen LogP contribution < -0.4 is 14.8 Å². The van der Waals surface area contributed by atoms with E-state index in [4.69, 9.17) is 9.47 Å². The third kappa shape index (κ3) is 1.42. The second-order valence-corrected chi connectivity index (χ2v) is 3.63. The van der Waals surface area contributed by atoms with Crippen molar-refractivity contribution in [3.63, 3.8) is 0 Å².